The van der Waals surface area contributed by atoms with Crippen molar-refractivity contribution < 1.29 is 0 Å². The summed E-state index contributed by atoms with van der Waals surface area (Å²) in [5, 5.41) is 3.78. The monoisotopic (exact) mass is 287 g/mol. The van der Waals surface area contributed by atoms with Crippen LogP contribution in [0.25, 0.3) is 0 Å². The molecule has 0 amide bonds. The van der Waals surface area contributed by atoms with Crippen molar-refractivity contribution in [2.75, 3.05) is 5.32 Å². The Labute approximate surface area is 128 Å². The summed E-state index contributed by atoms with van der Waals surface area (Å²) in [6, 6.07) is 1.02. The first-order valence-corrected chi connectivity index (χ1v) is 8.85. The van der Waals surface area contributed by atoms with Gasteiger partial charge in [0, 0.05) is 24.5 Å². The van der Waals surface area contributed by atoms with Crippen molar-refractivity contribution in [2.45, 2.75) is 71.4 Å². The second-order valence-corrected chi connectivity index (χ2v) is 8.40. The van der Waals surface area contributed by atoms with Crippen molar-refractivity contribution in [2.24, 2.45) is 23.2 Å². The van der Waals surface area contributed by atoms with Gasteiger partial charge in [0.25, 0.3) is 0 Å². The van der Waals surface area contributed by atoms with Gasteiger partial charge in [-0.15, -0.1) is 0 Å². The van der Waals surface area contributed by atoms with Crippen LogP contribution in [0.5, 0.6) is 0 Å². The zero-order valence-corrected chi connectivity index (χ0v) is 13.7. The largest absolute Gasteiger partial charge is 0.353 e. The molecule has 4 bridgehead atoms. The average molecular weight is 287 g/mol. The number of aromatic nitrogens is 2. The third kappa shape index (κ3) is 2.20. The second-order valence-electron chi connectivity index (χ2n) is 8.40. The third-order valence-corrected chi connectivity index (χ3v) is 6.57. The molecule has 4 saturated carbocycles. The van der Waals surface area contributed by atoms with Crippen LogP contribution in [0, 0.1) is 23.2 Å². The zero-order chi connectivity index (χ0) is 14.6. The quantitative estimate of drug-likeness (QED) is 0.884. The van der Waals surface area contributed by atoms with Crippen molar-refractivity contribution >= 4 is 5.95 Å². The number of hydrogen-bond acceptors (Lipinski definition) is 2. The lowest BCUT2D eigenvalue weighted by molar-refractivity contribution is -0.0604. The summed E-state index contributed by atoms with van der Waals surface area (Å²) >= 11 is 0. The highest BCUT2D eigenvalue weighted by Gasteiger charge is 2.53. The van der Waals surface area contributed by atoms with E-state index in [1.165, 1.54) is 38.5 Å². The van der Waals surface area contributed by atoms with Gasteiger partial charge in [0.2, 0.25) is 5.95 Å². The van der Waals surface area contributed by atoms with Gasteiger partial charge in [-0.1, -0.05) is 0 Å². The lowest BCUT2D eigenvalue weighted by atomic mass is 9.48. The van der Waals surface area contributed by atoms with Gasteiger partial charge in [-0.25, -0.2) is 4.98 Å². The Kier molecular flexibility index (Phi) is 3.09. The van der Waals surface area contributed by atoms with E-state index in [9.17, 15) is 0 Å². The normalized spacial score (nSPS) is 39.0. The predicted octanol–water partition coefficient (Wildman–Crippen LogP) is 4.48. The molecule has 4 aliphatic rings. The van der Waals surface area contributed by atoms with Crippen LogP contribution in [0.4, 0.5) is 5.95 Å². The fourth-order valence-corrected chi connectivity index (χ4v) is 5.90. The molecule has 5 rings (SSSR count). The molecule has 4 aliphatic carbocycles. The van der Waals surface area contributed by atoms with Crippen LogP contribution in [0.1, 0.15) is 65.3 Å². The molecule has 1 heterocycles. The van der Waals surface area contributed by atoms with Crippen molar-refractivity contribution in [1.29, 1.82) is 0 Å². The number of nitrogens with one attached hydrogen (secondary N) is 1. The van der Waals surface area contributed by atoms with E-state index in [1.54, 1.807) is 0 Å². The molecule has 0 aromatic carbocycles. The van der Waals surface area contributed by atoms with Crippen LogP contribution < -0.4 is 5.32 Å². The summed E-state index contributed by atoms with van der Waals surface area (Å²) in [6.07, 6.45) is 12.9. The number of nitrogens with zero attached hydrogens (tertiary/aromatic N) is 2. The van der Waals surface area contributed by atoms with Gasteiger partial charge >= 0.3 is 0 Å². The maximum atomic E-state index is 4.56. The highest BCUT2D eigenvalue weighted by atomic mass is 15.2. The first-order chi connectivity index (χ1) is 10.1. The van der Waals surface area contributed by atoms with Crippen molar-refractivity contribution in [3.05, 3.63) is 12.4 Å². The molecule has 4 fully saturated rings. The Hall–Kier alpha value is -0.990. The zero-order valence-electron chi connectivity index (χ0n) is 13.7. The molecule has 3 heteroatoms. The summed E-state index contributed by atoms with van der Waals surface area (Å²) in [6.45, 7) is 6.86. The molecule has 116 valence electrons. The summed E-state index contributed by atoms with van der Waals surface area (Å²) < 4.78 is 2.26. The van der Waals surface area contributed by atoms with Crippen molar-refractivity contribution in [3.63, 3.8) is 0 Å². The SMILES string of the molecule is CC(C)n1ccnc1NC(C)C12CC3CC(CC(C3)C1)C2. The van der Waals surface area contributed by atoms with Gasteiger partial charge < -0.3 is 9.88 Å². The number of imidazole rings is 1. The van der Waals surface area contributed by atoms with Crippen LogP contribution in [0.15, 0.2) is 12.4 Å². The van der Waals surface area contributed by atoms with E-state index in [2.05, 4.69) is 41.8 Å². The molecule has 1 atom stereocenters. The molecule has 1 unspecified atom stereocenters. The van der Waals surface area contributed by atoms with Crippen molar-refractivity contribution in [1.82, 2.24) is 9.55 Å². The average Bonchev–Trinajstić information content (AvgIpc) is 2.85. The van der Waals surface area contributed by atoms with Gasteiger partial charge in [-0.05, 0) is 82.5 Å². The minimum Gasteiger partial charge on any atom is -0.353 e. The second kappa shape index (κ2) is 4.76. The first kappa shape index (κ1) is 13.7. The molecule has 3 nitrogen and oxygen atoms in total. The number of rotatable bonds is 4. The van der Waals surface area contributed by atoms with E-state index in [4.69, 9.17) is 0 Å². The molecule has 21 heavy (non-hydrogen) atoms. The summed E-state index contributed by atoms with van der Waals surface area (Å²) in [7, 11) is 0. The van der Waals surface area contributed by atoms with E-state index in [-0.39, 0.29) is 0 Å². The molecule has 0 saturated heterocycles. The van der Waals surface area contributed by atoms with Crippen LogP contribution in [-0.2, 0) is 0 Å². The standard InChI is InChI=1S/C18H29N3/c1-12(2)21-5-4-19-17(21)20-13(3)18-9-14-6-15(10-18)8-16(7-14)11-18/h4-5,12-16H,6-11H2,1-3H3,(H,19,20). The summed E-state index contributed by atoms with van der Waals surface area (Å²) in [5.74, 6) is 4.12. The summed E-state index contributed by atoms with van der Waals surface area (Å²) in [4.78, 5) is 4.56. The molecule has 1 N–H and O–H groups in total. The van der Waals surface area contributed by atoms with Gasteiger partial charge in [0.05, 0.1) is 0 Å². The Balaban J connectivity index is 1.54. The Morgan fingerprint density at radius 1 is 1.10 bits per heavy atom. The van der Waals surface area contributed by atoms with E-state index in [1.807, 2.05) is 6.20 Å². The molecule has 1 aromatic rings. The van der Waals surface area contributed by atoms with Gasteiger partial charge in [-0.3, -0.25) is 0 Å². The lowest BCUT2D eigenvalue weighted by Crippen LogP contribution is -2.53. The highest BCUT2D eigenvalue weighted by Crippen LogP contribution is 2.61. The third-order valence-electron chi connectivity index (χ3n) is 6.57. The maximum absolute atomic E-state index is 4.56. The Morgan fingerprint density at radius 3 is 2.19 bits per heavy atom. The van der Waals surface area contributed by atoms with Crippen molar-refractivity contribution in [3.8, 4) is 0 Å². The molecular weight excluding hydrogens is 258 g/mol. The van der Waals surface area contributed by atoms with Crippen LogP contribution >= 0.6 is 0 Å². The topological polar surface area (TPSA) is 29.9 Å². The first-order valence-electron chi connectivity index (χ1n) is 8.85. The molecule has 0 aliphatic heterocycles. The fraction of sp³-hybridized carbons (Fsp3) is 0.833. The van der Waals surface area contributed by atoms with Crippen LogP contribution in [0.3, 0.4) is 0 Å². The number of hydrogen-bond donors (Lipinski definition) is 1. The fourth-order valence-electron chi connectivity index (χ4n) is 5.90. The maximum Gasteiger partial charge on any atom is 0.203 e. The van der Waals surface area contributed by atoms with Crippen LogP contribution in [0.2, 0.25) is 0 Å². The van der Waals surface area contributed by atoms with Gasteiger partial charge in [-0.2, -0.15) is 0 Å². The Bertz CT molecular complexity index is 481. The van der Waals surface area contributed by atoms with Gasteiger partial charge in [0.1, 0.15) is 0 Å². The lowest BCUT2D eigenvalue weighted by Gasteiger charge is -2.59. The van der Waals surface area contributed by atoms with E-state index >= 15 is 0 Å². The molecule has 0 radical (unpaired) electrons. The van der Waals surface area contributed by atoms with Gasteiger partial charge in [0.15, 0.2) is 0 Å². The van der Waals surface area contributed by atoms with E-state index < -0.39 is 0 Å². The number of anilines is 1. The predicted molar refractivity (Wildman–Crippen MR) is 86.3 cm³/mol. The smallest absolute Gasteiger partial charge is 0.203 e. The molecule has 0 spiro atoms. The van der Waals surface area contributed by atoms with Crippen LogP contribution in [-0.4, -0.2) is 15.6 Å². The Morgan fingerprint density at radius 2 is 1.67 bits per heavy atom. The summed E-state index contributed by atoms with van der Waals surface area (Å²) in [5.41, 5.74) is 0.544. The van der Waals surface area contributed by atoms with E-state index in [0.717, 1.165) is 23.7 Å². The molecular formula is C18H29N3. The highest BCUT2D eigenvalue weighted by molar-refractivity contribution is 5.30. The van der Waals surface area contributed by atoms with E-state index in [0.29, 0.717) is 17.5 Å². The molecule has 1 aromatic heterocycles. The minimum absolute atomic E-state index is 0.471. The minimum atomic E-state index is 0.471.